The number of hydrogen-bond donors (Lipinski definition) is 3. The van der Waals surface area contributed by atoms with Crippen molar-refractivity contribution in [3.63, 3.8) is 0 Å². The van der Waals surface area contributed by atoms with Crippen LogP contribution in [0.2, 0.25) is 0 Å². The minimum Gasteiger partial charge on any atom is -0.502 e. The van der Waals surface area contributed by atoms with Crippen LogP contribution in [0, 0.1) is 0 Å². The van der Waals surface area contributed by atoms with Gasteiger partial charge in [0.25, 0.3) is 5.91 Å². The Bertz CT molecular complexity index is 1000. The number of carbonyl (C=O) groups is 1. The third-order valence-corrected chi connectivity index (χ3v) is 4.95. The molecule has 1 aliphatic rings. The van der Waals surface area contributed by atoms with Gasteiger partial charge in [-0.15, -0.1) is 0 Å². The molecule has 0 bridgehead atoms. The van der Waals surface area contributed by atoms with E-state index in [0.717, 1.165) is 5.69 Å². The summed E-state index contributed by atoms with van der Waals surface area (Å²) in [7, 11) is 9.03. The number of anilines is 1. The van der Waals surface area contributed by atoms with Crippen LogP contribution in [0.1, 0.15) is 5.56 Å². The molecule has 0 aliphatic carbocycles. The highest BCUT2D eigenvalue weighted by atomic mass is 16.5. The van der Waals surface area contributed by atoms with E-state index in [-0.39, 0.29) is 28.9 Å². The smallest absolute Gasteiger partial charge is 0.276 e. The summed E-state index contributed by atoms with van der Waals surface area (Å²) in [4.78, 5) is 14.7. The Hall–Kier alpha value is -3.72. The molecule has 1 saturated heterocycles. The highest BCUT2D eigenvalue weighted by molar-refractivity contribution is 6.13. The first-order chi connectivity index (χ1) is 14.7. The van der Waals surface area contributed by atoms with Crippen molar-refractivity contribution >= 4 is 29.6 Å². The van der Waals surface area contributed by atoms with Crippen LogP contribution >= 0.6 is 0 Å². The molecule has 164 valence electrons. The first kappa shape index (κ1) is 22.0. The minimum absolute atomic E-state index is 0.123. The summed E-state index contributed by atoms with van der Waals surface area (Å²) in [5.41, 5.74) is 2.61. The number of phenolic OH excluding ortho intramolecular Hbond substituents is 1. The van der Waals surface area contributed by atoms with Gasteiger partial charge in [0.1, 0.15) is 17.6 Å². The van der Waals surface area contributed by atoms with Crippen molar-refractivity contribution in [3.05, 3.63) is 47.7 Å². The Morgan fingerprint density at radius 3 is 2.16 bits per heavy atom. The maximum Gasteiger partial charge on any atom is 0.276 e. The van der Waals surface area contributed by atoms with Crippen molar-refractivity contribution in [2.75, 3.05) is 40.3 Å². The van der Waals surface area contributed by atoms with Crippen LogP contribution < -0.4 is 24.2 Å². The van der Waals surface area contributed by atoms with Gasteiger partial charge < -0.3 is 25.1 Å². The lowest BCUT2D eigenvalue weighted by Crippen LogP contribution is -2.39. The van der Waals surface area contributed by atoms with Gasteiger partial charge in [-0.25, -0.2) is 0 Å². The molecular formula is C22H27N4O5+. The minimum atomic E-state index is -0.667. The molecule has 9 heteroatoms. The van der Waals surface area contributed by atoms with Gasteiger partial charge in [-0.05, 0) is 35.9 Å². The number of aromatic hydroxyl groups is 1. The Morgan fingerprint density at radius 2 is 1.68 bits per heavy atom. The fraction of sp³-hybridized carbons (Fsp3) is 0.273. The molecule has 2 aromatic rings. The van der Waals surface area contributed by atoms with Crippen molar-refractivity contribution in [1.82, 2.24) is 9.80 Å². The summed E-state index contributed by atoms with van der Waals surface area (Å²) in [5.74, 6) is 0.0201. The Labute approximate surface area is 181 Å². The van der Waals surface area contributed by atoms with Gasteiger partial charge in [0.05, 0.1) is 41.6 Å². The molecule has 31 heavy (non-hydrogen) atoms. The van der Waals surface area contributed by atoms with Crippen LogP contribution in [0.4, 0.5) is 11.4 Å². The average molecular weight is 427 g/mol. The number of nitrogens with zero attached hydrogens (tertiary/aromatic N) is 3. The van der Waals surface area contributed by atoms with E-state index in [1.54, 1.807) is 18.2 Å². The average Bonchev–Trinajstić information content (AvgIpc) is 3.03. The van der Waals surface area contributed by atoms with Gasteiger partial charge in [-0.2, -0.15) is 0 Å². The van der Waals surface area contributed by atoms with Crippen LogP contribution in [0.25, 0.3) is 6.08 Å². The van der Waals surface area contributed by atoms with E-state index in [9.17, 15) is 9.90 Å². The van der Waals surface area contributed by atoms with Gasteiger partial charge in [-0.3, -0.25) is 14.2 Å². The van der Waals surface area contributed by atoms with E-state index >= 15 is 0 Å². The Morgan fingerprint density at radius 1 is 1.10 bits per heavy atom. The molecule has 1 amide bonds. The number of hydrogen-bond acceptors (Lipinski definition) is 7. The molecule has 1 unspecified atom stereocenters. The predicted octanol–water partition coefficient (Wildman–Crippen LogP) is 2.37. The van der Waals surface area contributed by atoms with Gasteiger partial charge >= 0.3 is 0 Å². The Balaban J connectivity index is 1.99. The molecule has 0 saturated carbocycles. The summed E-state index contributed by atoms with van der Waals surface area (Å²) in [6.07, 6.45) is 2.19. The maximum atomic E-state index is 13.2. The molecule has 0 aromatic heterocycles. The van der Waals surface area contributed by atoms with Crippen molar-refractivity contribution in [2.24, 2.45) is 5.16 Å². The lowest BCUT2D eigenvalue weighted by molar-refractivity contribution is -0.114. The highest BCUT2D eigenvalue weighted by Crippen LogP contribution is 2.38. The first-order valence-electron chi connectivity index (χ1n) is 9.56. The molecule has 1 aliphatic heterocycles. The maximum absolute atomic E-state index is 13.2. The van der Waals surface area contributed by atoms with Gasteiger partial charge in [0.15, 0.2) is 11.5 Å². The van der Waals surface area contributed by atoms with E-state index in [1.807, 2.05) is 24.3 Å². The summed E-state index contributed by atoms with van der Waals surface area (Å²) in [5, 5.41) is 25.3. The van der Waals surface area contributed by atoms with Gasteiger partial charge in [-0.1, -0.05) is 5.16 Å². The third kappa shape index (κ3) is 4.41. The van der Waals surface area contributed by atoms with Crippen LogP contribution in [0.15, 0.2) is 47.3 Å². The second-order valence-corrected chi connectivity index (χ2v) is 7.89. The number of ether oxygens (including phenoxy) is 2. The third-order valence-electron chi connectivity index (χ3n) is 4.95. The van der Waals surface area contributed by atoms with Crippen molar-refractivity contribution in [1.29, 1.82) is 0 Å². The molecule has 3 rings (SSSR count). The van der Waals surface area contributed by atoms with Crippen molar-refractivity contribution in [3.8, 4) is 17.2 Å². The van der Waals surface area contributed by atoms with Gasteiger partial charge in [0.2, 0.25) is 5.75 Å². The second-order valence-electron chi connectivity index (χ2n) is 7.89. The molecule has 1 heterocycles. The number of methoxy groups -OCH3 is 2. The van der Waals surface area contributed by atoms with E-state index in [0.29, 0.717) is 15.7 Å². The topological polar surface area (TPSA) is 104 Å². The zero-order valence-electron chi connectivity index (χ0n) is 18.2. The zero-order valence-corrected chi connectivity index (χ0v) is 18.2. The van der Waals surface area contributed by atoms with Crippen LogP contribution in [-0.2, 0) is 4.79 Å². The number of amides is 1. The number of rotatable bonds is 6. The molecule has 0 spiro atoms. The van der Waals surface area contributed by atoms with E-state index < -0.39 is 6.17 Å². The monoisotopic (exact) mass is 427 g/mol. The lowest BCUT2D eigenvalue weighted by atomic mass is 10.1. The van der Waals surface area contributed by atoms with Crippen molar-refractivity contribution in [2.45, 2.75) is 6.17 Å². The highest BCUT2D eigenvalue weighted by Gasteiger charge is 2.35. The summed E-state index contributed by atoms with van der Waals surface area (Å²) < 4.78 is 11.0. The van der Waals surface area contributed by atoms with E-state index in [1.165, 1.54) is 25.3 Å². The number of oxime groups is 1. The van der Waals surface area contributed by atoms with Gasteiger partial charge in [0, 0.05) is 17.8 Å². The summed E-state index contributed by atoms with van der Waals surface area (Å²) in [6, 6.07) is 10.8. The number of nitrogens with one attached hydrogen (secondary N) is 1. The molecule has 3 N–H and O–H groups in total. The molecular weight excluding hydrogens is 400 g/mol. The molecule has 1 fully saturated rings. The van der Waals surface area contributed by atoms with Crippen molar-refractivity contribution < 1.29 is 24.6 Å². The fourth-order valence-corrected chi connectivity index (χ4v) is 3.31. The predicted molar refractivity (Wildman–Crippen MR) is 120 cm³/mol. The number of quaternary nitrogens is 1. The first-order valence-corrected chi connectivity index (χ1v) is 9.56. The Kier molecular flexibility index (Phi) is 6.07. The number of carbonyl (C=O) groups excluding carboxylic acids is 1. The lowest BCUT2D eigenvalue weighted by Gasteiger charge is -2.25. The molecule has 1 atom stereocenters. The zero-order chi connectivity index (χ0) is 22.8. The molecule has 0 radical (unpaired) electrons. The van der Waals surface area contributed by atoms with E-state index in [4.69, 9.17) is 14.7 Å². The second kappa shape index (κ2) is 8.57. The molecule has 2 aromatic carbocycles. The SMILES string of the molecule is COc1cc(/C=C2\NC(/C=N\O)N(c3ccc([N+](C)(C)C)cc3)C2=O)cc(OC)c1O. The van der Waals surface area contributed by atoms with Crippen LogP contribution in [0.3, 0.4) is 0 Å². The molecule has 9 nitrogen and oxygen atoms in total. The van der Waals surface area contributed by atoms with Crippen LogP contribution in [-0.4, -0.2) is 64.0 Å². The van der Waals surface area contributed by atoms with Crippen LogP contribution in [0.5, 0.6) is 17.2 Å². The normalized spacial score (nSPS) is 18.0. The fourth-order valence-electron chi connectivity index (χ4n) is 3.31. The summed E-state index contributed by atoms with van der Waals surface area (Å²) >= 11 is 0. The summed E-state index contributed by atoms with van der Waals surface area (Å²) in [6.45, 7) is 0. The quantitative estimate of drug-likeness (QED) is 0.215. The number of benzene rings is 2. The largest absolute Gasteiger partial charge is 0.502 e. The standard InChI is InChI=1S/C22H26N4O5/c1-26(2,3)16-8-6-15(7-9-16)25-20(13-23-29)24-17(22(25)28)10-14-11-18(30-4)21(27)19(12-14)31-5/h6-13,20,24H,1-5H3,(H-,27,28,29)/p+1/b23-13-. The number of phenols is 1. The van der Waals surface area contributed by atoms with E-state index in [2.05, 4.69) is 31.6 Å².